The number of carbonyl (C=O) groups is 1. The minimum atomic E-state index is -0.367. The highest BCUT2D eigenvalue weighted by molar-refractivity contribution is 7.15. The maximum absolute atomic E-state index is 12.2. The standard InChI is InChI=1S/C19H20N4O2S/c1-3-16(13-8-5-4-6-9-13)17-22-23-19(26-17)21-18(24)20-14-10-7-11-15(12-14)25-2/h4-12,16H,3H2,1-2H3,(H2,20,21,23,24)/t16-/m1/s1. The number of ether oxygens (including phenoxy) is 1. The van der Waals surface area contributed by atoms with Crippen LogP contribution in [0.3, 0.4) is 0 Å². The number of carbonyl (C=O) groups excluding carboxylic acids is 1. The number of hydrogen-bond donors (Lipinski definition) is 2. The Bertz CT molecular complexity index is 867. The van der Waals surface area contributed by atoms with Crippen molar-refractivity contribution in [2.45, 2.75) is 19.3 Å². The Hall–Kier alpha value is -2.93. The van der Waals surface area contributed by atoms with Gasteiger partial charge in [0.15, 0.2) is 0 Å². The summed E-state index contributed by atoms with van der Waals surface area (Å²) in [6.45, 7) is 2.11. The van der Waals surface area contributed by atoms with Crippen molar-refractivity contribution in [1.29, 1.82) is 0 Å². The fourth-order valence-electron chi connectivity index (χ4n) is 2.62. The lowest BCUT2D eigenvalue weighted by atomic mass is 9.97. The van der Waals surface area contributed by atoms with E-state index in [-0.39, 0.29) is 11.9 Å². The molecule has 0 radical (unpaired) electrons. The van der Waals surface area contributed by atoms with Crippen molar-refractivity contribution in [2.24, 2.45) is 0 Å². The molecule has 0 saturated heterocycles. The predicted molar refractivity (Wildman–Crippen MR) is 104 cm³/mol. The molecule has 7 heteroatoms. The van der Waals surface area contributed by atoms with Crippen LogP contribution in [0.5, 0.6) is 5.75 Å². The van der Waals surface area contributed by atoms with Crippen molar-refractivity contribution < 1.29 is 9.53 Å². The normalized spacial score (nSPS) is 11.6. The number of amides is 2. The molecule has 0 saturated carbocycles. The van der Waals surface area contributed by atoms with Crippen LogP contribution < -0.4 is 15.4 Å². The smallest absolute Gasteiger partial charge is 0.325 e. The topological polar surface area (TPSA) is 76.1 Å². The molecule has 0 spiro atoms. The lowest BCUT2D eigenvalue weighted by molar-refractivity contribution is 0.262. The van der Waals surface area contributed by atoms with Crippen molar-refractivity contribution in [3.05, 3.63) is 65.2 Å². The molecule has 0 fully saturated rings. The zero-order valence-corrected chi connectivity index (χ0v) is 15.4. The number of methoxy groups -OCH3 is 1. The number of nitrogens with one attached hydrogen (secondary N) is 2. The summed E-state index contributed by atoms with van der Waals surface area (Å²) in [6, 6.07) is 17.0. The molecule has 0 unspecified atom stereocenters. The third kappa shape index (κ3) is 4.37. The fraction of sp³-hybridized carbons (Fsp3) is 0.211. The molecule has 0 aliphatic carbocycles. The maximum Gasteiger partial charge on any atom is 0.325 e. The SMILES string of the molecule is CC[C@H](c1ccccc1)c1nnc(NC(=O)Nc2cccc(OC)c2)s1. The second-order valence-corrected chi connectivity index (χ2v) is 6.64. The number of rotatable bonds is 6. The summed E-state index contributed by atoms with van der Waals surface area (Å²) in [7, 11) is 1.58. The number of benzene rings is 2. The monoisotopic (exact) mass is 368 g/mol. The summed E-state index contributed by atoms with van der Waals surface area (Å²) in [5, 5.41) is 15.2. The van der Waals surface area contributed by atoms with Crippen molar-refractivity contribution in [3.8, 4) is 5.75 Å². The molecule has 1 heterocycles. The van der Waals surface area contributed by atoms with Crippen LogP contribution in [0.15, 0.2) is 54.6 Å². The van der Waals surface area contributed by atoms with Crippen LogP contribution in [0.2, 0.25) is 0 Å². The summed E-state index contributed by atoms with van der Waals surface area (Å²) in [5.74, 6) is 0.848. The largest absolute Gasteiger partial charge is 0.497 e. The Labute approximate surface area is 156 Å². The van der Waals surface area contributed by atoms with Gasteiger partial charge in [0.25, 0.3) is 0 Å². The Morgan fingerprint density at radius 2 is 1.92 bits per heavy atom. The summed E-state index contributed by atoms with van der Waals surface area (Å²) < 4.78 is 5.15. The minimum Gasteiger partial charge on any atom is -0.497 e. The van der Waals surface area contributed by atoms with E-state index < -0.39 is 0 Å². The van der Waals surface area contributed by atoms with E-state index in [4.69, 9.17) is 4.74 Å². The molecule has 0 bridgehead atoms. The summed E-state index contributed by atoms with van der Waals surface area (Å²) in [6.07, 6.45) is 0.911. The van der Waals surface area contributed by atoms with Crippen molar-refractivity contribution in [1.82, 2.24) is 10.2 Å². The van der Waals surface area contributed by atoms with Gasteiger partial charge in [0.05, 0.1) is 7.11 Å². The molecule has 0 aliphatic rings. The second kappa shape index (κ2) is 8.44. The highest BCUT2D eigenvalue weighted by Crippen LogP contribution is 2.31. The zero-order chi connectivity index (χ0) is 18.4. The van der Waals surface area contributed by atoms with E-state index in [1.807, 2.05) is 30.3 Å². The van der Waals surface area contributed by atoms with E-state index in [1.54, 1.807) is 19.2 Å². The zero-order valence-electron chi connectivity index (χ0n) is 14.6. The van der Waals surface area contributed by atoms with Crippen LogP contribution in [-0.2, 0) is 0 Å². The molecule has 134 valence electrons. The van der Waals surface area contributed by atoms with Gasteiger partial charge in [0.2, 0.25) is 5.13 Å². The van der Waals surface area contributed by atoms with Gasteiger partial charge in [-0.2, -0.15) is 0 Å². The van der Waals surface area contributed by atoms with Crippen LogP contribution in [0.1, 0.15) is 29.8 Å². The van der Waals surface area contributed by atoms with E-state index in [0.717, 1.165) is 11.4 Å². The molecule has 6 nitrogen and oxygen atoms in total. The van der Waals surface area contributed by atoms with Crippen molar-refractivity contribution in [3.63, 3.8) is 0 Å². The van der Waals surface area contributed by atoms with Gasteiger partial charge in [0, 0.05) is 17.7 Å². The van der Waals surface area contributed by atoms with Crippen LogP contribution in [0.25, 0.3) is 0 Å². The molecule has 2 N–H and O–H groups in total. The Balaban J connectivity index is 1.66. The quantitative estimate of drug-likeness (QED) is 0.659. The molecule has 1 aromatic heterocycles. The molecule has 1 atom stereocenters. The summed E-state index contributed by atoms with van der Waals surface area (Å²) in [4.78, 5) is 12.2. The van der Waals surface area contributed by atoms with Gasteiger partial charge in [-0.15, -0.1) is 10.2 Å². The van der Waals surface area contributed by atoms with Gasteiger partial charge >= 0.3 is 6.03 Å². The van der Waals surface area contributed by atoms with Crippen LogP contribution >= 0.6 is 11.3 Å². The molecule has 2 amide bonds. The number of anilines is 2. The van der Waals surface area contributed by atoms with E-state index in [9.17, 15) is 4.79 Å². The first-order valence-electron chi connectivity index (χ1n) is 8.30. The Kier molecular flexibility index (Phi) is 5.80. The molecular formula is C19H20N4O2S. The van der Waals surface area contributed by atoms with E-state index in [2.05, 4.69) is 39.9 Å². The Morgan fingerprint density at radius 1 is 1.12 bits per heavy atom. The lowest BCUT2D eigenvalue weighted by Gasteiger charge is -2.11. The van der Waals surface area contributed by atoms with E-state index in [1.165, 1.54) is 16.9 Å². The third-order valence-corrected chi connectivity index (χ3v) is 4.85. The van der Waals surface area contributed by atoms with Crippen LogP contribution in [-0.4, -0.2) is 23.3 Å². The Morgan fingerprint density at radius 3 is 2.65 bits per heavy atom. The van der Waals surface area contributed by atoms with Gasteiger partial charge in [-0.3, -0.25) is 5.32 Å². The highest BCUT2D eigenvalue weighted by Gasteiger charge is 2.18. The second-order valence-electron chi connectivity index (χ2n) is 5.63. The number of nitrogens with zero attached hydrogens (tertiary/aromatic N) is 2. The third-order valence-electron chi connectivity index (χ3n) is 3.90. The summed E-state index contributed by atoms with van der Waals surface area (Å²) in [5.41, 5.74) is 1.83. The van der Waals surface area contributed by atoms with Gasteiger partial charge in [-0.1, -0.05) is 54.7 Å². The van der Waals surface area contributed by atoms with Crippen molar-refractivity contribution in [2.75, 3.05) is 17.7 Å². The van der Waals surface area contributed by atoms with Gasteiger partial charge in [0.1, 0.15) is 10.8 Å². The van der Waals surface area contributed by atoms with E-state index in [0.29, 0.717) is 16.6 Å². The number of urea groups is 1. The number of hydrogen-bond acceptors (Lipinski definition) is 5. The molecule has 3 aromatic rings. The molecular weight excluding hydrogens is 348 g/mol. The first-order chi connectivity index (χ1) is 12.7. The lowest BCUT2D eigenvalue weighted by Crippen LogP contribution is -2.19. The first-order valence-corrected chi connectivity index (χ1v) is 9.11. The summed E-state index contributed by atoms with van der Waals surface area (Å²) >= 11 is 1.39. The first kappa shape index (κ1) is 17.9. The van der Waals surface area contributed by atoms with Gasteiger partial charge in [-0.25, -0.2) is 4.79 Å². The predicted octanol–water partition coefficient (Wildman–Crippen LogP) is 4.73. The van der Waals surface area contributed by atoms with Crippen LogP contribution in [0.4, 0.5) is 15.6 Å². The average molecular weight is 368 g/mol. The molecule has 26 heavy (non-hydrogen) atoms. The van der Waals surface area contributed by atoms with Crippen LogP contribution in [0, 0.1) is 0 Å². The van der Waals surface area contributed by atoms with E-state index >= 15 is 0 Å². The average Bonchev–Trinajstić information content (AvgIpc) is 3.11. The molecule has 2 aromatic carbocycles. The van der Waals surface area contributed by atoms with Crippen molar-refractivity contribution >= 4 is 28.2 Å². The van der Waals surface area contributed by atoms with Gasteiger partial charge < -0.3 is 10.1 Å². The molecule has 0 aliphatic heterocycles. The maximum atomic E-state index is 12.2. The number of aromatic nitrogens is 2. The fourth-order valence-corrected chi connectivity index (χ4v) is 3.57. The van der Waals surface area contributed by atoms with Gasteiger partial charge in [-0.05, 0) is 24.1 Å². The minimum absolute atomic E-state index is 0.172. The highest BCUT2D eigenvalue weighted by atomic mass is 32.1. The molecule has 3 rings (SSSR count).